The van der Waals surface area contributed by atoms with Crippen LogP contribution in [0.4, 0.5) is 0 Å². The van der Waals surface area contributed by atoms with Crippen LogP contribution in [0.3, 0.4) is 0 Å². The van der Waals surface area contributed by atoms with Crippen LogP contribution in [-0.4, -0.2) is 26.1 Å². The van der Waals surface area contributed by atoms with Crippen molar-refractivity contribution >= 4 is 11.9 Å². The van der Waals surface area contributed by atoms with Crippen LogP contribution in [0, 0.1) is 0 Å². The largest absolute Gasteiger partial charge is 0.497 e. The van der Waals surface area contributed by atoms with Crippen molar-refractivity contribution in [1.82, 2.24) is 0 Å². The molecule has 0 amide bonds. The van der Waals surface area contributed by atoms with Gasteiger partial charge in [-0.15, -0.1) is 0 Å². The minimum Gasteiger partial charge on any atom is -0.497 e. The summed E-state index contributed by atoms with van der Waals surface area (Å²) in [6, 6.07) is 12.7. The van der Waals surface area contributed by atoms with Crippen molar-refractivity contribution < 1.29 is 19.0 Å². The number of hydrogen-bond donors (Lipinski definition) is 0. The lowest BCUT2D eigenvalue weighted by molar-refractivity contribution is 0.104. The molecule has 0 spiro atoms. The minimum absolute atomic E-state index is 0.0896. The fourth-order valence-corrected chi connectivity index (χ4v) is 2.27. The Labute approximate surface area is 128 Å². The first-order valence-electron chi connectivity index (χ1n) is 7.03. The van der Waals surface area contributed by atoms with Crippen LogP contribution >= 0.6 is 0 Å². The predicted molar refractivity (Wildman–Crippen MR) is 83.8 cm³/mol. The summed E-state index contributed by atoms with van der Waals surface area (Å²) in [6.45, 7) is 1.06. The van der Waals surface area contributed by atoms with Crippen molar-refractivity contribution in [1.29, 1.82) is 0 Å². The fourth-order valence-electron chi connectivity index (χ4n) is 2.27. The molecule has 0 saturated carbocycles. The summed E-state index contributed by atoms with van der Waals surface area (Å²) in [5.74, 6) is 1.96. The Morgan fingerprint density at radius 1 is 1.14 bits per heavy atom. The molecule has 2 aromatic rings. The van der Waals surface area contributed by atoms with Crippen LogP contribution in [0.1, 0.15) is 15.9 Å². The van der Waals surface area contributed by atoms with Crippen molar-refractivity contribution in [2.75, 3.05) is 20.3 Å². The Morgan fingerprint density at radius 2 is 1.95 bits per heavy atom. The van der Waals surface area contributed by atoms with Gasteiger partial charge in [-0.3, -0.25) is 4.79 Å². The Balaban J connectivity index is 1.83. The Hall–Kier alpha value is -2.75. The van der Waals surface area contributed by atoms with Crippen molar-refractivity contribution in [2.45, 2.75) is 0 Å². The second-order valence-corrected chi connectivity index (χ2v) is 4.80. The quantitative estimate of drug-likeness (QED) is 0.641. The van der Waals surface area contributed by atoms with E-state index < -0.39 is 0 Å². The van der Waals surface area contributed by atoms with Crippen LogP contribution in [0.25, 0.3) is 6.08 Å². The van der Waals surface area contributed by atoms with E-state index >= 15 is 0 Å². The zero-order chi connectivity index (χ0) is 15.4. The summed E-state index contributed by atoms with van der Waals surface area (Å²) >= 11 is 0. The second-order valence-electron chi connectivity index (χ2n) is 4.80. The topological polar surface area (TPSA) is 44.8 Å². The standard InChI is InChI=1S/C18H16O4/c1-20-15-6-2-5-14(12-15)16(19)9-8-13-4-3-7-17-18(13)22-11-10-21-17/h2-9,12H,10-11H2,1H3/b9-8+. The fraction of sp³-hybridized carbons (Fsp3) is 0.167. The zero-order valence-corrected chi connectivity index (χ0v) is 12.2. The number of carbonyl (C=O) groups is 1. The highest BCUT2D eigenvalue weighted by Gasteiger charge is 2.14. The van der Waals surface area contributed by atoms with Gasteiger partial charge < -0.3 is 14.2 Å². The van der Waals surface area contributed by atoms with Gasteiger partial charge in [0.15, 0.2) is 17.3 Å². The number of fused-ring (bicyclic) bond motifs is 1. The average molecular weight is 296 g/mol. The molecule has 2 aromatic carbocycles. The molecule has 0 radical (unpaired) electrons. The summed E-state index contributed by atoms with van der Waals surface area (Å²) in [4.78, 5) is 12.2. The normalized spacial score (nSPS) is 13.1. The molecule has 4 heteroatoms. The van der Waals surface area contributed by atoms with Gasteiger partial charge in [0.2, 0.25) is 0 Å². The predicted octanol–water partition coefficient (Wildman–Crippen LogP) is 3.36. The van der Waals surface area contributed by atoms with Gasteiger partial charge in [-0.05, 0) is 30.4 Å². The number of allylic oxidation sites excluding steroid dienone is 1. The van der Waals surface area contributed by atoms with E-state index in [9.17, 15) is 4.79 Å². The Morgan fingerprint density at radius 3 is 2.82 bits per heavy atom. The van der Waals surface area contributed by atoms with Gasteiger partial charge in [-0.1, -0.05) is 24.3 Å². The molecule has 22 heavy (non-hydrogen) atoms. The van der Waals surface area contributed by atoms with Gasteiger partial charge >= 0.3 is 0 Å². The molecule has 0 fully saturated rings. The molecular weight excluding hydrogens is 280 g/mol. The molecule has 0 atom stereocenters. The van der Waals surface area contributed by atoms with Crippen LogP contribution in [0.15, 0.2) is 48.5 Å². The molecule has 0 N–H and O–H groups in total. The number of carbonyl (C=O) groups excluding carboxylic acids is 1. The molecule has 3 rings (SSSR count). The van der Waals surface area contributed by atoms with E-state index in [0.29, 0.717) is 36.0 Å². The average Bonchev–Trinajstić information content (AvgIpc) is 2.59. The highest BCUT2D eigenvalue weighted by atomic mass is 16.6. The molecule has 0 unspecified atom stereocenters. The lowest BCUT2D eigenvalue weighted by Gasteiger charge is -2.19. The number of ether oxygens (including phenoxy) is 3. The van der Waals surface area contributed by atoms with Gasteiger partial charge in [-0.25, -0.2) is 0 Å². The molecule has 0 saturated heterocycles. The van der Waals surface area contributed by atoms with Gasteiger partial charge in [0.1, 0.15) is 19.0 Å². The van der Waals surface area contributed by atoms with Gasteiger partial charge in [0.05, 0.1) is 7.11 Å². The van der Waals surface area contributed by atoms with Gasteiger partial charge in [-0.2, -0.15) is 0 Å². The van der Waals surface area contributed by atoms with Crippen molar-refractivity contribution in [3.63, 3.8) is 0 Å². The van der Waals surface area contributed by atoms with E-state index in [4.69, 9.17) is 14.2 Å². The SMILES string of the molecule is COc1cccc(C(=O)/C=C/c2cccc3c2OCCO3)c1. The molecular formula is C18H16O4. The molecule has 112 valence electrons. The molecule has 4 nitrogen and oxygen atoms in total. The number of rotatable bonds is 4. The Bertz CT molecular complexity index is 719. The first-order valence-corrected chi connectivity index (χ1v) is 7.03. The van der Waals surface area contributed by atoms with Crippen LogP contribution in [0.2, 0.25) is 0 Å². The molecule has 0 bridgehead atoms. The summed E-state index contributed by atoms with van der Waals surface area (Å²) in [5, 5.41) is 0. The Kier molecular flexibility index (Phi) is 4.10. The third-order valence-electron chi connectivity index (χ3n) is 3.37. The third kappa shape index (κ3) is 2.96. The van der Waals surface area contributed by atoms with E-state index in [1.54, 1.807) is 37.5 Å². The summed E-state index contributed by atoms with van der Waals surface area (Å²) in [7, 11) is 1.58. The zero-order valence-electron chi connectivity index (χ0n) is 12.2. The number of benzene rings is 2. The molecule has 0 aromatic heterocycles. The number of ketones is 1. The highest BCUT2D eigenvalue weighted by Crippen LogP contribution is 2.34. The van der Waals surface area contributed by atoms with Gasteiger partial charge in [0.25, 0.3) is 0 Å². The monoisotopic (exact) mass is 296 g/mol. The molecule has 1 aliphatic rings. The van der Waals surface area contributed by atoms with E-state index in [-0.39, 0.29) is 5.78 Å². The minimum atomic E-state index is -0.0896. The number of hydrogen-bond acceptors (Lipinski definition) is 4. The van der Waals surface area contributed by atoms with Gasteiger partial charge in [0, 0.05) is 11.1 Å². The molecule has 1 aliphatic heterocycles. The third-order valence-corrected chi connectivity index (χ3v) is 3.37. The summed E-state index contributed by atoms with van der Waals surface area (Å²) in [5.41, 5.74) is 1.41. The van der Waals surface area contributed by atoms with E-state index in [2.05, 4.69) is 0 Å². The van der Waals surface area contributed by atoms with Crippen molar-refractivity contribution in [2.24, 2.45) is 0 Å². The first-order chi connectivity index (χ1) is 10.8. The summed E-state index contributed by atoms with van der Waals surface area (Å²) in [6.07, 6.45) is 3.28. The lowest BCUT2D eigenvalue weighted by atomic mass is 10.1. The lowest BCUT2D eigenvalue weighted by Crippen LogP contribution is -2.15. The molecule has 0 aliphatic carbocycles. The van der Waals surface area contributed by atoms with Crippen molar-refractivity contribution in [3.8, 4) is 17.2 Å². The first kappa shape index (κ1) is 14.2. The number of para-hydroxylation sites is 1. The summed E-state index contributed by atoms with van der Waals surface area (Å²) < 4.78 is 16.3. The maximum atomic E-state index is 12.2. The molecule has 1 heterocycles. The maximum absolute atomic E-state index is 12.2. The maximum Gasteiger partial charge on any atom is 0.185 e. The van der Waals surface area contributed by atoms with Crippen LogP contribution in [-0.2, 0) is 0 Å². The second kappa shape index (κ2) is 6.35. The van der Waals surface area contributed by atoms with E-state index in [0.717, 1.165) is 5.56 Å². The van der Waals surface area contributed by atoms with E-state index in [1.165, 1.54) is 6.08 Å². The van der Waals surface area contributed by atoms with E-state index in [1.807, 2.05) is 18.2 Å². The van der Waals surface area contributed by atoms with Crippen molar-refractivity contribution in [3.05, 3.63) is 59.7 Å². The van der Waals surface area contributed by atoms with Crippen LogP contribution < -0.4 is 14.2 Å². The number of methoxy groups -OCH3 is 1. The smallest absolute Gasteiger partial charge is 0.185 e. The van der Waals surface area contributed by atoms with Crippen LogP contribution in [0.5, 0.6) is 17.2 Å². The highest BCUT2D eigenvalue weighted by molar-refractivity contribution is 6.07.